The van der Waals surface area contributed by atoms with E-state index in [1.54, 1.807) is 36.5 Å². The Hall–Kier alpha value is -2.26. The molecule has 2 aromatic rings. The summed E-state index contributed by atoms with van der Waals surface area (Å²) in [4.78, 5) is 12.5. The summed E-state index contributed by atoms with van der Waals surface area (Å²) < 4.78 is 32.9. The molecule has 1 aliphatic rings. The molecule has 0 unspecified atom stereocenters. The molecule has 0 bridgehead atoms. The van der Waals surface area contributed by atoms with Crippen LogP contribution in [0.15, 0.2) is 41.4 Å². The Labute approximate surface area is 171 Å². The Morgan fingerprint density at radius 3 is 2.76 bits per heavy atom. The summed E-state index contributed by atoms with van der Waals surface area (Å²) in [5.41, 5.74) is 0.846. The van der Waals surface area contributed by atoms with Crippen molar-refractivity contribution in [2.24, 2.45) is 0 Å². The molecule has 0 spiro atoms. The summed E-state index contributed by atoms with van der Waals surface area (Å²) in [6.45, 7) is 4.98. The van der Waals surface area contributed by atoms with Crippen molar-refractivity contribution in [3.05, 3.63) is 42.2 Å². The second-order valence-corrected chi connectivity index (χ2v) is 9.86. The molecule has 2 heterocycles. The molecular formula is C20H28N4O4S. The molecule has 1 aromatic heterocycles. The smallest absolute Gasteiger partial charge is 0.241 e. The van der Waals surface area contributed by atoms with Crippen LogP contribution in [0.1, 0.15) is 44.7 Å². The zero-order valence-corrected chi connectivity index (χ0v) is 17.6. The van der Waals surface area contributed by atoms with Crippen molar-refractivity contribution >= 4 is 15.7 Å². The fraction of sp³-hybridized carbons (Fsp3) is 0.550. The van der Waals surface area contributed by atoms with Crippen molar-refractivity contribution in [3.8, 4) is 0 Å². The SMILES string of the molecule is CC(C)c1cn(CC(=O)NCC[C@@H]2C[C@@H](S(=O)(=O)c3ccccc3)CCO2)nn1. The monoisotopic (exact) mass is 420 g/mol. The lowest BCUT2D eigenvalue weighted by molar-refractivity contribution is -0.122. The van der Waals surface area contributed by atoms with E-state index in [1.165, 1.54) is 4.68 Å². The molecule has 1 amide bonds. The van der Waals surface area contributed by atoms with E-state index in [2.05, 4.69) is 15.6 Å². The van der Waals surface area contributed by atoms with Gasteiger partial charge in [0.2, 0.25) is 5.91 Å². The summed E-state index contributed by atoms with van der Waals surface area (Å²) >= 11 is 0. The van der Waals surface area contributed by atoms with Gasteiger partial charge in [0, 0.05) is 19.3 Å². The summed E-state index contributed by atoms with van der Waals surface area (Å²) in [5.74, 6) is 0.102. The maximum absolute atomic E-state index is 12.8. The Morgan fingerprint density at radius 2 is 2.07 bits per heavy atom. The Morgan fingerprint density at radius 1 is 1.31 bits per heavy atom. The van der Waals surface area contributed by atoms with Crippen LogP contribution in [0.5, 0.6) is 0 Å². The highest BCUT2D eigenvalue weighted by molar-refractivity contribution is 7.92. The number of carbonyl (C=O) groups is 1. The maximum atomic E-state index is 12.8. The highest BCUT2D eigenvalue weighted by Gasteiger charge is 2.33. The molecule has 29 heavy (non-hydrogen) atoms. The number of carbonyl (C=O) groups excluding carboxylic acids is 1. The Bertz CT molecular complexity index is 912. The van der Waals surface area contributed by atoms with Crippen molar-refractivity contribution in [3.63, 3.8) is 0 Å². The predicted octanol–water partition coefficient (Wildman–Crippen LogP) is 1.93. The van der Waals surface area contributed by atoms with Gasteiger partial charge in [-0.1, -0.05) is 37.3 Å². The van der Waals surface area contributed by atoms with Crippen molar-refractivity contribution in [1.82, 2.24) is 20.3 Å². The molecule has 3 rings (SSSR count). The number of sulfone groups is 1. The van der Waals surface area contributed by atoms with Crippen molar-refractivity contribution < 1.29 is 17.9 Å². The van der Waals surface area contributed by atoms with Gasteiger partial charge in [0.15, 0.2) is 9.84 Å². The molecule has 9 heteroatoms. The lowest BCUT2D eigenvalue weighted by Crippen LogP contribution is -2.37. The first-order valence-corrected chi connectivity index (χ1v) is 11.5. The maximum Gasteiger partial charge on any atom is 0.241 e. The van der Waals surface area contributed by atoms with Gasteiger partial charge in [0.25, 0.3) is 0 Å². The van der Waals surface area contributed by atoms with Crippen LogP contribution < -0.4 is 5.32 Å². The second kappa shape index (κ2) is 9.49. The zero-order valence-electron chi connectivity index (χ0n) is 16.8. The number of rotatable bonds is 8. The van der Waals surface area contributed by atoms with Crippen LogP contribution in [0.3, 0.4) is 0 Å². The van der Waals surface area contributed by atoms with Crippen LogP contribution >= 0.6 is 0 Å². The average molecular weight is 421 g/mol. The summed E-state index contributed by atoms with van der Waals surface area (Å²) in [6.07, 6.45) is 3.08. The number of amides is 1. The quantitative estimate of drug-likeness (QED) is 0.700. The second-order valence-electron chi connectivity index (χ2n) is 7.63. The number of hydrogen-bond acceptors (Lipinski definition) is 6. The van der Waals surface area contributed by atoms with Crippen molar-refractivity contribution in [2.45, 2.75) is 61.8 Å². The highest BCUT2D eigenvalue weighted by atomic mass is 32.2. The van der Waals surface area contributed by atoms with Gasteiger partial charge < -0.3 is 10.1 Å². The normalized spacial score (nSPS) is 20.0. The van der Waals surface area contributed by atoms with Crippen LogP contribution in [0, 0.1) is 0 Å². The Balaban J connectivity index is 1.46. The number of ether oxygens (including phenoxy) is 1. The third-order valence-electron chi connectivity index (χ3n) is 5.07. The van der Waals surface area contributed by atoms with Crippen LogP contribution in [0.2, 0.25) is 0 Å². The van der Waals surface area contributed by atoms with Crippen LogP contribution in [-0.2, 0) is 25.9 Å². The molecule has 0 radical (unpaired) electrons. The van der Waals surface area contributed by atoms with E-state index in [0.717, 1.165) is 5.69 Å². The zero-order chi connectivity index (χ0) is 20.9. The van der Waals surface area contributed by atoms with Gasteiger partial charge in [-0.05, 0) is 37.3 Å². The fourth-order valence-corrected chi connectivity index (χ4v) is 5.16. The minimum atomic E-state index is -3.37. The number of nitrogens with one attached hydrogen (secondary N) is 1. The summed E-state index contributed by atoms with van der Waals surface area (Å²) in [7, 11) is -3.37. The van der Waals surface area contributed by atoms with E-state index in [1.807, 2.05) is 13.8 Å². The molecule has 158 valence electrons. The summed E-state index contributed by atoms with van der Waals surface area (Å²) in [6, 6.07) is 8.54. The fourth-order valence-electron chi connectivity index (χ4n) is 3.36. The van der Waals surface area contributed by atoms with Crippen LogP contribution in [0.4, 0.5) is 0 Å². The molecule has 8 nitrogen and oxygen atoms in total. The number of aromatic nitrogens is 3. The molecule has 0 saturated carbocycles. The molecule has 1 N–H and O–H groups in total. The van der Waals surface area contributed by atoms with E-state index < -0.39 is 15.1 Å². The largest absolute Gasteiger partial charge is 0.378 e. The third kappa shape index (κ3) is 5.63. The van der Waals surface area contributed by atoms with Gasteiger partial charge in [-0.15, -0.1) is 5.10 Å². The van der Waals surface area contributed by atoms with E-state index >= 15 is 0 Å². The van der Waals surface area contributed by atoms with E-state index in [4.69, 9.17) is 4.74 Å². The first-order chi connectivity index (χ1) is 13.9. The van der Waals surface area contributed by atoms with E-state index in [0.29, 0.717) is 37.3 Å². The average Bonchev–Trinajstić information content (AvgIpc) is 3.18. The van der Waals surface area contributed by atoms with Gasteiger partial charge in [-0.3, -0.25) is 4.79 Å². The van der Waals surface area contributed by atoms with E-state index in [-0.39, 0.29) is 24.5 Å². The van der Waals surface area contributed by atoms with Gasteiger partial charge in [-0.25, -0.2) is 13.1 Å². The predicted molar refractivity (Wildman–Crippen MR) is 108 cm³/mol. The van der Waals surface area contributed by atoms with Gasteiger partial charge in [0.1, 0.15) is 6.54 Å². The van der Waals surface area contributed by atoms with Gasteiger partial charge in [-0.2, -0.15) is 0 Å². The highest BCUT2D eigenvalue weighted by Crippen LogP contribution is 2.27. The number of benzene rings is 1. The molecule has 1 aromatic carbocycles. The molecule has 2 atom stereocenters. The topological polar surface area (TPSA) is 103 Å². The first kappa shape index (κ1) is 21.4. The van der Waals surface area contributed by atoms with Crippen molar-refractivity contribution in [2.75, 3.05) is 13.2 Å². The summed E-state index contributed by atoms with van der Waals surface area (Å²) in [5, 5.41) is 10.4. The minimum Gasteiger partial charge on any atom is -0.378 e. The molecule has 1 saturated heterocycles. The number of nitrogens with zero attached hydrogens (tertiary/aromatic N) is 3. The number of hydrogen-bond donors (Lipinski definition) is 1. The van der Waals surface area contributed by atoms with Gasteiger partial charge >= 0.3 is 0 Å². The van der Waals surface area contributed by atoms with Crippen molar-refractivity contribution in [1.29, 1.82) is 0 Å². The molecule has 1 fully saturated rings. The molecule has 0 aliphatic carbocycles. The standard InChI is InChI=1S/C20H28N4O4S/c1-15(2)19-13-24(23-22-19)14-20(25)21-10-8-16-12-18(9-11-28-16)29(26,27)17-6-4-3-5-7-17/h3-7,13,15-16,18H,8-12,14H2,1-2H3,(H,21,25)/t16-,18+/m1/s1. The lowest BCUT2D eigenvalue weighted by atomic mass is 10.1. The van der Waals surface area contributed by atoms with Gasteiger partial charge in [0.05, 0.1) is 21.9 Å². The first-order valence-electron chi connectivity index (χ1n) is 9.93. The molecular weight excluding hydrogens is 392 g/mol. The molecule has 1 aliphatic heterocycles. The van der Waals surface area contributed by atoms with Crippen LogP contribution in [0.25, 0.3) is 0 Å². The Kier molecular flexibility index (Phi) is 7.02. The van der Waals surface area contributed by atoms with Crippen LogP contribution in [-0.4, -0.2) is 53.8 Å². The third-order valence-corrected chi connectivity index (χ3v) is 7.31. The lowest BCUT2D eigenvalue weighted by Gasteiger charge is -2.29. The minimum absolute atomic E-state index is 0.107. The van der Waals surface area contributed by atoms with E-state index in [9.17, 15) is 13.2 Å².